The molecule has 0 aliphatic carbocycles. The maximum absolute atomic E-state index is 3.71. The first kappa shape index (κ1) is 9.35. The van der Waals surface area contributed by atoms with Crippen molar-refractivity contribution in [3.8, 4) is 0 Å². The van der Waals surface area contributed by atoms with Gasteiger partial charge in [0.05, 0.1) is 0 Å². The van der Waals surface area contributed by atoms with E-state index in [2.05, 4.69) is 7.05 Å². The smallest absolute Gasteiger partial charge is 0.0434 e. The molecule has 0 N–H and O–H groups in total. The fraction of sp³-hybridized carbons (Fsp3) is 0.800. The summed E-state index contributed by atoms with van der Waals surface area (Å²) in [6, 6.07) is 0. The van der Waals surface area contributed by atoms with Crippen molar-refractivity contribution in [3.63, 3.8) is 0 Å². The van der Waals surface area contributed by atoms with Crippen molar-refractivity contribution < 1.29 is 4.48 Å². The minimum absolute atomic E-state index is 0. The molecule has 0 aromatic carbocycles. The Morgan fingerprint density at radius 1 is 1.17 bits per heavy atom. The van der Waals surface area contributed by atoms with Crippen molar-refractivity contribution in [2.24, 2.45) is 0 Å². The van der Waals surface area contributed by atoms with E-state index in [1.807, 2.05) is 21.1 Å². The van der Waals surface area contributed by atoms with E-state index in [1.54, 1.807) is 0 Å². The van der Waals surface area contributed by atoms with Crippen molar-refractivity contribution in [2.75, 3.05) is 21.1 Å². The van der Waals surface area contributed by atoms with E-state index in [9.17, 15) is 0 Å². The summed E-state index contributed by atoms with van der Waals surface area (Å²) >= 11 is 0. The molecule has 0 amide bonds. The lowest BCUT2D eigenvalue weighted by Crippen LogP contribution is -2.24. The second-order valence-corrected chi connectivity index (χ2v) is 2.29. The molecule has 0 saturated carbocycles. The van der Waals surface area contributed by atoms with Crippen LogP contribution in [0.15, 0.2) is 0 Å². The van der Waals surface area contributed by atoms with Crippen molar-refractivity contribution in [2.45, 2.75) is 7.43 Å². The van der Waals surface area contributed by atoms with Gasteiger partial charge in [-0.3, -0.25) is 0 Å². The van der Waals surface area contributed by atoms with Gasteiger partial charge < -0.3 is 4.48 Å². The quantitative estimate of drug-likeness (QED) is 0.308. The Kier molecular flexibility index (Phi) is 3.41. The number of hydrogen-bond donors (Lipinski definition) is 0. The van der Waals surface area contributed by atoms with Crippen LogP contribution in [0.4, 0.5) is 0 Å². The number of nitrogens with zero attached hydrogens (tertiary/aromatic N) is 1. The van der Waals surface area contributed by atoms with Gasteiger partial charge in [-0.05, 0) is 0 Å². The molecule has 0 aromatic heterocycles. The van der Waals surface area contributed by atoms with Crippen LogP contribution >= 0.6 is 0 Å². The van der Waals surface area contributed by atoms with E-state index in [-0.39, 0.29) is 7.43 Å². The predicted molar refractivity (Wildman–Crippen MR) is 30.1 cm³/mol. The Balaban J connectivity index is 0. The lowest BCUT2D eigenvalue weighted by atomic mass is 10.8. The van der Waals surface area contributed by atoms with Crippen molar-refractivity contribution in [1.82, 2.24) is 0 Å². The molecule has 0 aliphatic heterocycles. The molecule has 0 spiro atoms. The highest BCUT2D eigenvalue weighted by molar-refractivity contribution is 4.00. The molecule has 1 heteroatoms. The van der Waals surface area contributed by atoms with Crippen LogP contribution in [0, 0.1) is 7.05 Å². The standard InChI is InChI=1S/C4H11N.CH4/c1-5(2,3)4;/h1H2,2-4H3;1H4. The predicted octanol–water partition coefficient (Wildman–Crippen LogP) is 1.12. The van der Waals surface area contributed by atoms with Crippen LogP contribution < -0.4 is 0 Å². The molecule has 0 heterocycles. The van der Waals surface area contributed by atoms with E-state index in [4.69, 9.17) is 0 Å². The molecule has 6 heavy (non-hydrogen) atoms. The van der Waals surface area contributed by atoms with Gasteiger partial charge in [-0.1, -0.05) is 7.43 Å². The Morgan fingerprint density at radius 2 is 1.17 bits per heavy atom. The first-order valence-electron chi connectivity index (χ1n) is 1.66. The summed E-state index contributed by atoms with van der Waals surface area (Å²) in [7, 11) is 9.75. The van der Waals surface area contributed by atoms with Crippen LogP contribution in [0.3, 0.4) is 0 Å². The maximum Gasteiger partial charge on any atom is 0.0434 e. The van der Waals surface area contributed by atoms with Gasteiger partial charge in [-0.25, -0.2) is 0 Å². The van der Waals surface area contributed by atoms with Crippen molar-refractivity contribution >= 4 is 0 Å². The molecule has 1 nitrogen and oxygen atoms in total. The van der Waals surface area contributed by atoms with Gasteiger partial charge in [0, 0.05) is 21.1 Å². The fourth-order valence-electron chi connectivity index (χ4n) is 0. The largest absolute Gasteiger partial charge is 0.464 e. The zero-order valence-electron chi connectivity index (χ0n) is 4.15. The van der Waals surface area contributed by atoms with Gasteiger partial charge in [0.2, 0.25) is 0 Å². The van der Waals surface area contributed by atoms with E-state index >= 15 is 0 Å². The van der Waals surface area contributed by atoms with Gasteiger partial charge >= 0.3 is 0 Å². The SMILES string of the molecule is C.[CH2-][N+](C)(C)C. The highest BCUT2D eigenvalue weighted by Crippen LogP contribution is 1.77. The fourth-order valence-corrected chi connectivity index (χ4v) is 0. The summed E-state index contributed by atoms with van der Waals surface area (Å²) in [5.74, 6) is 0. The van der Waals surface area contributed by atoms with Gasteiger partial charge in [0.25, 0.3) is 0 Å². The first-order valence-corrected chi connectivity index (χ1v) is 1.66. The summed E-state index contributed by atoms with van der Waals surface area (Å²) in [5, 5.41) is 0. The molecule has 0 fully saturated rings. The van der Waals surface area contributed by atoms with Gasteiger partial charge in [-0.2, -0.15) is 0 Å². The third kappa shape index (κ3) is 21700. The van der Waals surface area contributed by atoms with E-state index < -0.39 is 0 Å². The average Bonchev–Trinajstić information content (AvgIpc) is 0.722. The van der Waals surface area contributed by atoms with Crippen molar-refractivity contribution in [1.29, 1.82) is 0 Å². The number of quaternary nitrogens is 1. The zero-order chi connectivity index (χ0) is 4.50. The lowest BCUT2D eigenvalue weighted by molar-refractivity contribution is -0.823. The Hall–Kier alpha value is -0.0400. The van der Waals surface area contributed by atoms with Crippen LogP contribution in [0.2, 0.25) is 0 Å². The van der Waals surface area contributed by atoms with Crippen LogP contribution in [-0.4, -0.2) is 25.6 Å². The molecule has 0 saturated heterocycles. The molecule has 0 unspecified atom stereocenters. The van der Waals surface area contributed by atoms with E-state index in [1.165, 1.54) is 0 Å². The second kappa shape index (κ2) is 2.19. The summed E-state index contributed by atoms with van der Waals surface area (Å²) < 4.78 is 0.750. The maximum atomic E-state index is 3.71. The molecule has 0 aromatic rings. The third-order valence-corrected chi connectivity index (χ3v) is 0. The molecular weight excluding hydrogens is 74.1 g/mol. The Labute approximate surface area is 41.2 Å². The Morgan fingerprint density at radius 3 is 1.17 bits per heavy atom. The van der Waals surface area contributed by atoms with Crippen LogP contribution in [0.25, 0.3) is 0 Å². The third-order valence-electron chi connectivity index (χ3n) is 0. The number of rotatable bonds is 0. The summed E-state index contributed by atoms with van der Waals surface area (Å²) in [4.78, 5) is 0. The van der Waals surface area contributed by atoms with Crippen molar-refractivity contribution in [3.05, 3.63) is 7.05 Å². The highest BCUT2D eigenvalue weighted by atomic mass is 15.2. The lowest BCUT2D eigenvalue weighted by Gasteiger charge is -2.25. The van der Waals surface area contributed by atoms with Gasteiger partial charge in [0.1, 0.15) is 0 Å². The summed E-state index contributed by atoms with van der Waals surface area (Å²) in [6.07, 6.45) is 0. The average molecular weight is 89.2 g/mol. The van der Waals surface area contributed by atoms with Gasteiger partial charge in [0.15, 0.2) is 0 Å². The number of hydrogen-bond acceptors (Lipinski definition) is 0. The highest BCUT2D eigenvalue weighted by Gasteiger charge is 1.78. The topological polar surface area (TPSA) is 0 Å². The first-order chi connectivity index (χ1) is 2.00. The van der Waals surface area contributed by atoms with E-state index in [0.717, 1.165) is 4.48 Å². The molecule has 0 radical (unpaired) electrons. The molecule has 0 rings (SSSR count). The van der Waals surface area contributed by atoms with Crippen LogP contribution in [-0.2, 0) is 0 Å². The molecule has 0 atom stereocenters. The minimum Gasteiger partial charge on any atom is -0.464 e. The summed E-state index contributed by atoms with van der Waals surface area (Å²) in [5.41, 5.74) is 0. The molecule has 40 valence electrons. The summed E-state index contributed by atoms with van der Waals surface area (Å²) in [6.45, 7) is 0. The monoisotopic (exact) mass is 89.1 g/mol. The molecule has 0 aliphatic rings. The van der Waals surface area contributed by atoms with Crippen LogP contribution in [0.5, 0.6) is 0 Å². The molecule has 0 bridgehead atoms. The normalized spacial score (nSPS) is 10.0. The Bertz CT molecular complexity index is 19.4. The second-order valence-electron chi connectivity index (χ2n) is 2.29. The van der Waals surface area contributed by atoms with E-state index in [0.29, 0.717) is 0 Å². The molecular formula is C5H15N. The zero-order valence-corrected chi connectivity index (χ0v) is 4.15. The van der Waals surface area contributed by atoms with Gasteiger partial charge in [-0.15, -0.1) is 7.05 Å². The minimum atomic E-state index is 0. The van der Waals surface area contributed by atoms with Crippen LogP contribution in [0.1, 0.15) is 7.43 Å².